The van der Waals surface area contributed by atoms with Gasteiger partial charge in [-0.2, -0.15) is 12.6 Å². The van der Waals surface area contributed by atoms with Gasteiger partial charge in [0, 0.05) is 0 Å². The Balaban J connectivity index is 0. The number of benzene rings is 1. The van der Waals surface area contributed by atoms with E-state index in [1.807, 2.05) is 24.3 Å². The zero-order valence-electron chi connectivity index (χ0n) is 11.6. The van der Waals surface area contributed by atoms with Crippen LogP contribution in [0.5, 0.6) is 5.75 Å². The molecule has 18 heavy (non-hydrogen) atoms. The molecule has 3 nitrogen and oxygen atoms in total. The van der Waals surface area contributed by atoms with E-state index in [9.17, 15) is 4.79 Å². The van der Waals surface area contributed by atoms with E-state index < -0.39 is 0 Å². The van der Waals surface area contributed by atoms with Gasteiger partial charge < -0.3 is 17.0 Å². The second kappa shape index (κ2) is 11.0. The van der Waals surface area contributed by atoms with E-state index in [4.69, 9.17) is 4.74 Å². The van der Waals surface area contributed by atoms with Gasteiger partial charge in [-0.25, -0.2) is 0 Å². The molecule has 1 aromatic carbocycles. The molecule has 1 aromatic rings. The summed E-state index contributed by atoms with van der Waals surface area (Å²) in [6, 6.07) is 7.43. The molecule has 0 saturated heterocycles. The quantitative estimate of drug-likeness (QED) is 0.478. The average Bonchev–Trinajstić information content (AvgIpc) is 2.31. The van der Waals surface area contributed by atoms with E-state index in [1.165, 1.54) is 13.0 Å². The first-order valence-corrected chi connectivity index (χ1v) is 5.38. The number of nitrogens with zero attached hydrogens (tertiary/aromatic N) is 1. The fourth-order valence-corrected chi connectivity index (χ4v) is 1.24. The summed E-state index contributed by atoms with van der Waals surface area (Å²) < 4.78 is 5.15. The molecule has 0 aliphatic rings. The molecule has 0 amide bonds. The van der Waals surface area contributed by atoms with Crippen LogP contribution in [0.1, 0.15) is 20.8 Å². The molecule has 0 aliphatic heterocycles. The first-order chi connectivity index (χ1) is 8.13. The molecule has 0 atom stereocenters. The van der Waals surface area contributed by atoms with Crippen LogP contribution < -0.4 is 4.74 Å². The Hall–Kier alpha value is -1.15. The minimum Gasteiger partial charge on any atom is -0.658 e. The largest absolute Gasteiger partial charge is 2.00 e. The van der Waals surface area contributed by atoms with Crippen LogP contribution >= 0.6 is 0 Å². The molecule has 0 heterocycles. The fraction of sp³-hybridized carbons (Fsp3) is 0.286. The van der Waals surface area contributed by atoms with Gasteiger partial charge in [-0.3, -0.25) is 4.79 Å². The number of hydrogen-bond acceptors (Lipinski definition) is 2. The van der Waals surface area contributed by atoms with Gasteiger partial charge in [0.25, 0.3) is 0 Å². The predicted molar refractivity (Wildman–Crippen MR) is 71.5 cm³/mol. The number of carbonyl (C=O) groups excluding carboxylic acids is 1. The molecule has 0 N–H and O–H groups in total. The van der Waals surface area contributed by atoms with Crippen LogP contribution in [0.15, 0.2) is 36.0 Å². The number of ketones is 1. The number of rotatable bonds is 4. The van der Waals surface area contributed by atoms with Crippen molar-refractivity contribution < 1.29 is 29.0 Å². The van der Waals surface area contributed by atoms with Crippen molar-refractivity contribution in [3.8, 4) is 5.75 Å². The van der Waals surface area contributed by atoms with E-state index in [1.54, 1.807) is 21.0 Å². The van der Waals surface area contributed by atoms with Crippen molar-refractivity contribution in [2.45, 2.75) is 20.8 Å². The van der Waals surface area contributed by atoms with Gasteiger partial charge in [-0.05, 0) is 19.1 Å². The van der Waals surface area contributed by atoms with Gasteiger partial charge in [0.15, 0.2) is 5.78 Å². The molecule has 0 radical (unpaired) electrons. The first kappa shape index (κ1) is 19.2. The topological polar surface area (TPSA) is 40.4 Å². The SMILES string of the molecule is COc1ccccc1[N-]/C(C)=C\C(C)=O.[CH2-]C.[Zn+2]. The molecule has 94 valence electrons. The molecular weight excluding hydrogens is 280 g/mol. The maximum Gasteiger partial charge on any atom is 2.00 e. The van der Waals surface area contributed by atoms with Crippen molar-refractivity contribution in [2.75, 3.05) is 7.11 Å². The van der Waals surface area contributed by atoms with Crippen molar-refractivity contribution in [1.82, 2.24) is 0 Å². The number of methoxy groups -OCH3 is 1. The number of ether oxygens (including phenoxy) is 1. The maximum atomic E-state index is 10.8. The maximum absolute atomic E-state index is 10.8. The van der Waals surface area contributed by atoms with E-state index >= 15 is 0 Å². The van der Waals surface area contributed by atoms with Crippen molar-refractivity contribution in [3.63, 3.8) is 0 Å². The Morgan fingerprint density at radius 3 is 2.33 bits per heavy atom. The van der Waals surface area contributed by atoms with Crippen molar-refractivity contribution >= 4 is 11.5 Å². The van der Waals surface area contributed by atoms with Gasteiger partial charge in [-0.15, -0.1) is 0 Å². The van der Waals surface area contributed by atoms with Crippen LogP contribution in [0, 0.1) is 6.92 Å². The third kappa shape index (κ3) is 7.23. The monoisotopic (exact) mass is 297 g/mol. The Morgan fingerprint density at radius 1 is 1.28 bits per heavy atom. The van der Waals surface area contributed by atoms with E-state index in [2.05, 4.69) is 12.2 Å². The molecule has 0 aliphatic carbocycles. The van der Waals surface area contributed by atoms with Crippen molar-refractivity contribution in [2.24, 2.45) is 0 Å². The summed E-state index contributed by atoms with van der Waals surface area (Å²) >= 11 is 0. The molecule has 0 spiro atoms. The van der Waals surface area contributed by atoms with E-state index in [-0.39, 0.29) is 25.3 Å². The smallest absolute Gasteiger partial charge is 0.658 e. The van der Waals surface area contributed by atoms with Crippen LogP contribution in [0.25, 0.3) is 5.32 Å². The molecule has 1 rings (SSSR count). The Kier molecular flexibility index (Phi) is 11.7. The molecule has 4 heteroatoms. The third-order valence-corrected chi connectivity index (χ3v) is 1.79. The summed E-state index contributed by atoms with van der Waals surface area (Å²) in [6.07, 6.45) is 1.49. The van der Waals surface area contributed by atoms with Crippen LogP contribution in [0.4, 0.5) is 5.69 Å². The second-order valence-electron chi connectivity index (χ2n) is 3.18. The van der Waals surface area contributed by atoms with Gasteiger partial charge >= 0.3 is 19.5 Å². The zero-order valence-corrected chi connectivity index (χ0v) is 14.5. The van der Waals surface area contributed by atoms with Crippen LogP contribution in [-0.2, 0) is 24.3 Å². The Labute approximate surface area is 122 Å². The van der Waals surface area contributed by atoms with E-state index in [0.717, 1.165) is 5.69 Å². The zero-order chi connectivity index (χ0) is 13.3. The summed E-state index contributed by atoms with van der Waals surface area (Å²) in [5.41, 5.74) is 1.40. The second-order valence-corrected chi connectivity index (χ2v) is 3.18. The molecule has 0 bridgehead atoms. The van der Waals surface area contributed by atoms with Gasteiger partial charge in [0.05, 0.1) is 7.11 Å². The van der Waals surface area contributed by atoms with Gasteiger partial charge in [0.2, 0.25) is 0 Å². The summed E-state index contributed by atoms with van der Waals surface area (Å²) in [5, 5.41) is 4.29. The minimum atomic E-state index is -0.00820. The third-order valence-electron chi connectivity index (χ3n) is 1.79. The summed E-state index contributed by atoms with van der Waals surface area (Å²) in [5.74, 6) is 0.694. The van der Waals surface area contributed by atoms with Crippen molar-refractivity contribution in [3.05, 3.63) is 48.3 Å². The molecule has 0 saturated carbocycles. The standard InChI is InChI=1S/C12H15NO2.C2H5.Zn/c1-9(8-10(2)14)13-11-6-4-5-7-12(11)15-3;1-2;/h4-8H,1-3H3,(H,13,14);1H2,2H3;/q;-1;+2/p-1. The number of para-hydroxylation sites is 2. The number of carbonyl (C=O) groups is 1. The molecular formula is C14H19NO2Zn. The number of hydrogen-bond donors (Lipinski definition) is 0. The minimum absolute atomic E-state index is 0. The van der Waals surface area contributed by atoms with Crippen molar-refractivity contribution in [1.29, 1.82) is 0 Å². The Morgan fingerprint density at radius 2 is 1.83 bits per heavy atom. The van der Waals surface area contributed by atoms with Crippen LogP contribution in [0.2, 0.25) is 0 Å². The van der Waals surface area contributed by atoms with Gasteiger partial charge in [0.1, 0.15) is 5.75 Å². The summed E-state index contributed by atoms with van der Waals surface area (Å²) in [6.45, 7) is 8.29. The number of allylic oxidation sites excluding steroid dienone is 2. The average molecular weight is 299 g/mol. The summed E-state index contributed by atoms with van der Waals surface area (Å²) in [4.78, 5) is 10.8. The molecule has 0 fully saturated rings. The van der Waals surface area contributed by atoms with E-state index in [0.29, 0.717) is 11.4 Å². The van der Waals surface area contributed by atoms with Crippen LogP contribution in [0.3, 0.4) is 0 Å². The molecule has 0 aromatic heterocycles. The van der Waals surface area contributed by atoms with Gasteiger partial charge in [-0.1, -0.05) is 30.8 Å². The Bertz CT molecular complexity index is 389. The predicted octanol–water partition coefficient (Wildman–Crippen LogP) is 4.03. The normalized spacial score (nSPS) is 9.50. The fourth-order valence-electron chi connectivity index (χ4n) is 1.24. The first-order valence-electron chi connectivity index (χ1n) is 5.38. The molecule has 0 unspecified atom stereocenters. The summed E-state index contributed by atoms with van der Waals surface area (Å²) in [7, 11) is 1.60. The van der Waals surface area contributed by atoms with Crippen LogP contribution in [-0.4, -0.2) is 12.9 Å².